The lowest BCUT2D eigenvalue weighted by Gasteiger charge is -2.21. The molecule has 4 heterocycles. The van der Waals surface area contributed by atoms with Crippen LogP contribution < -0.4 is 10.6 Å². The van der Waals surface area contributed by atoms with E-state index in [4.69, 9.17) is 14.2 Å². The van der Waals surface area contributed by atoms with Crippen molar-refractivity contribution in [3.8, 4) is 0 Å². The van der Waals surface area contributed by atoms with Crippen LogP contribution in [-0.2, 0) is 23.8 Å². The minimum atomic E-state index is -0.918. The Morgan fingerprint density at radius 1 is 0.839 bits per heavy atom. The molecule has 0 aromatic heterocycles. The molecule has 0 bridgehead atoms. The number of hydrogen-bond acceptors (Lipinski definition) is 7. The minimum Gasteiger partial charge on any atom is -0.378 e. The average Bonchev–Trinajstić information content (AvgIpc) is 3.63. The Morgan fingerprint density at radius 2 is 1.23 bits per heavy atom. The van der Waals surface area contributed by atoms with Crippen molar-refractivity contribution in [2.45, 2.75) is 62.8 Å². The third-order valence-corrected chi connectivity index (χ3v) is 6.35. The van der Waals surface area contributed by atoms with Crippen molar-refractivity contribution in [1.82, 2.24) is 20.4 Å². The quantitative estimate of drug-likeness (QED) is 0.249. The van der Waals surface area contributed by atoms with Gasteiger partial charge in [-0.15, -0.1) is 0 Å². The molecule has 4 rings (SSSR count). The highest BCUT2D eigenvalue weighted by Crippen LogP contribution is 2.28. The first-order valence-electron chi connectivity index (χ1n) is 10.8. The van der Waals surface area contributed by atoms with E-state index in [0.717, 1.165) is 22.6 Å². The third kappa shape index (κ3) is 4.83. The zero-order valence-corrected chi connectivity index (χ0v) is 18.0. The molecule has 4 atom stereocenters. The highest BCUT2D eigenvalue weighted by molar-refractivity contribution is 6.07. The van der Waals surface area contributed by atoms with Crippen LogP contribution in [0.4, 0.5) is 9.59 Å². The molecule has 0 aliphatic carbocycles. The fraction of sp³-hybridized carbons (Fsp3) is 0.800. The van der Waals surface area contributed by atoms with Gasteiger partial charge in [0.2, 0.25) is 0 Å². The van der Waals surface area contributed by atoms with Crippen LogP contribution in [0.25, 0.3) is 0 Å². The summed E-state index contributed by atoms with van der Waals surface area (Å²) < 4.78 is 15.9. The van der Waals surface area contributed by atoms with E-state index in [1.807, 2.05) is 0 Å². The van der Waals surface area contributed by atoms with Gasteiger partial charge in [-0.1, -0.05) is 0 Å². The molecule has 31 heavy (non-hydrogen) atoms. The van der Waals surface area contributed by atoms with E-state index in [0.29, 0.717) is 26.1 Å². The maximum absolute atomic E-state index is 12.6. The van der Waals surface area contributed by atoms with Crippen LogP contribution in [0.3, 0.4) is 0 Å². The van der Waals surface area contributed by atoms with Crippen LogP contribution in [0.2, 0.25) is 0 Å². The number of amides is 6. The summed E-state index contributed by atoms with van der Waals surface area (Å²) in [6.07, 6.45) is 2.88. The van der Waals surface area contributed by atoms with Crippen molar-refractivity contribution in [3.63, 3.8) is 0 Å². The van der Waals surface area contributed by atoms with Gasteiger partial charge in [0.05, 0.1) is 51.7 Å². The van der Waals surface area contributed by atoms with E-state index in [1.54, 1.807) is 13.8 Å². The van der Waals surface area contributed by atoms with Gasteiger partial charge in [0.1, 0.15) is 11.1 Å². The molecule has 2 N–H and O–H groups in total. The first-order valence-corrected chi connectivity index (χ1v) is 10.8. The van der Waals surface area contributed by atoms with Crippen LogP contribution in [0.5, 0.6) is 0 Å². The minimum absolute atomic E-state index is 0.111. The van der Waals surface area contributed by atoms with Crippen LogP contribution in [0.1, 0.15) is 39.5 Å². The molecule has 6 amide bonds. The highest BCUT2D eigenvalue weighted by atomic mass is 16.6. The molecule has 4 unspecified atom stereocenters. The summed E-state index contributed by atoms with van der Waals surface area (Å²) in [6, 6.07) is -0.866. The lowest BCUT2D eigenvalue weighted by molar-refractivity contribution is -0.131. The predicted octanol–water partition coefficient (Wildman–Crippen LogP) is -0.0180. The molecule has 0 spiro atoms. The van der Waals surface area contributed by atoms with Crippen molar-refractivity contribution in [3.05, 3.63) is 0 Å². The van der Waals surface area contributed by atoms with Crippen LogP contribution in [0, 0.1) is 0 Å². The SMILES string of the molecule is CC1(CCC2CO2)NC(=O)N(CCOCCN2C(=O)NC(C)(CCC3CO3)C2=O)C1=O. The van der Waals surface area contributed by atoms with E-state index in [-0.39, 0.29) is 50.3 Å². The maximum atomic E-state index is 12.6. The van der Waals surface area contributed by atoms with Gasteiger partial charge in [-0.3, -0.25) is 19.4 Å². The molecular formula is C20H30N4O7. The molecule has 11 nitrogen and oxygen atoms in total. The summed E-state index contributed by atoms with van der Waals surface area (Å²) in [7, 11) is 0. The number of carbonyl (C=O) groups excluding carboxylic acids is 4. The maximum Gasteiger partial charge on any atom is 0.325 e. The zero-order valence-electron chi connectivity index (χ0n) is 18.0. The number of hydrogen-bond donors (Lipinski definition) is 2. The fourth-order valence-electron chi connectivity index (χ4n) is 4.02. The van der Waals surface area contributed by atoms with E-state index in [1.165, 1.54) is 0 Å². The Morgan fingerprint density at radius 3 is 1.58 bits per heavy atom. The first kappa shape index (κ1) is 22.0. The number of imide groups is 2. The first-order chi connectivity index (χ1) is 14.7. The molecule has 0 aromatic rings. The van der Waals surface area contributed by atoms with Gasteiger partial charge in [-0.2, -0.15) is 0 Å². The number of urea groups is 2. The Bertz CT molecular complexity index is 707. The van der Waals surface area contributed by atoms with Gasteiger partial charge in [0.15, 0.2) is 0 Å². The standard InChI is InChI=1S/C20H30N4O7/c1-19(5-3-13-11-30-13)15(25)23(17(27)21-19)7-9-29-10-8-24-16(26)20(2,22-18(24)28)6-4-14-12-31-14/h13-14H,3-12H2,1-2H3,(H,21,27)(H,22,28). The van der Waals surface area contributed by atoms with Gasteiger partial charge in [0, 0.05) is 0 Å². The van der Waals surface area contributed by atoms with Crippen molar-refractivity contribution < 1.29 is 33.4 Å². The van der Waals surface area contributed by atoms with E-state index in [9.17, 15) is 19.2 Å². The number of carbonyl (C=O) groups is 4. The van der Waals surface area contributed by atoms with Crippen molar-refractivity contribution >= 4 is 23.9 Å². The summed E-state index contributed by atoms with van der Waals surface area (Å²) in [4.78, 5) is 52.0. The third-order valence-electron chi connectivity index (χ3n) is 6.35. The van der Waals surface area contributed by atoms with Crippen LogP contribution in [0.15, 0.2) is 0 Å². The number of ether oxygens (including phenoxy) is 3. The Balaban J connectivity index is 1.17. The molecule has 4 fully saturated rings. The summed E-state index contributed by atoms with van der Waals surface area (Å²) in [5, 5.41) is 5.51. The lowest BCUT2D eigenvalue weighted by atomic mass is 9.95. The second-order valence-corrected chi connectivity index (χ2v) is 9.04. The second kappa shape index (κ2) is 8.36. The highest BCUT2D eigenvalue weighted by Gasteiger charge is 2.49. The number of epoxide rings is 2. The predicted molar refractivity (Wildman–Crippen MR) is 106 cm³/mol. The monoisotopic (exact) mass is 438 g/mol. The Kier molecular flexibility index (Phi) is 5.93. The molecule has 0 aromatic carbocycles. The second-order valence-electron chi connectivity index (χ2n) is 9.04. The van der Waals surface area contributed by atoms with Crippen LogP contribution in [-0.4, -0.2) is 96.5 Å². The number of nitrogens with one attached hydrogen (secondary N) is 2. The van der Waals surface area contributed by atoms with E-state index >= 15 is 0 Å². The topological polar surface area (TPSA) is 133 Å². The number of nitrogens with zero attached hydrogens (tertiary/aromatic N) is 2. The van der Waals surface area contributed by atoms with Gasteiger partial charge in [0.25, 0.3) is 11.8 Å². The van der Waals surface area contributed by atoms with Gasteiger partial charge in [-0.25, -0.2) is 9.59 Å². The van der Waals surface area contributed by atoms with Gasteiger partial charge in [-0.05, 0) is 39.5 Å². The van der Waals surface area contributed by atoms with Crippen molar-refractivity contribution in [2.75, 3.05) is 39.5 Å². The molecule has 0 radical (unpaired) electrons. The molecule has 172 valence electrons. The molecule has 4 saturated heterocycles. The Hall–Kier alpha value is -2.24. The molecular weight excluding hydrogens is 408 g/mol. The average molecular weight is 438 g/mol. The van der Waals surface area contributed by atoms with Crippen molar-refractivity contribution in [2.24, 2.45) is 0 Å². The van der Waals surface area contributed by atoms with E-state index < -0.39 is 23.1 Å². The summed E-state index contributed by atoms with van der Waals surface area (Å²) >= 11 is 0. The molecule has 0 saturated carbocycles. The summed E-state index contributed by atoms with van der Waals surface area (Å²) in [6.45, 7) is 5.34. The summed E-state index contributed by atoms with van der Waals surface area (Å²) in [5.74, 6) is -0.544. The van der Waals surface area contributed by atoms with Crippen LogP contribution >= 0.6 is 0 Å². The molecule has 4 aliphatic rings. The lowest BCUT2D eigenvalue weighted by Crippen LogP contribution is -2.44. The fourth-order valence-corrected chi connectivity index (χ4v) is 4.02. The largest absolute Gasteiger partial charge is 0.378 e. The smallest absolute Gasteiger partial charge is 0.325 e. The molecule has 4 aliphatic heterocycles. The van der Waals surface area contributed by atoms with E-state index in [2.05, 4.69) is 10.6 Å². The summed E-state index contributed by atoms with van der Waals surface area (Å²) in [5.41, 5.74) is -1.84. The number of rotatable bonds is 12. The van der Waals surface area contributed by atoms with Crippen molar-refractivity contribution in [1.29, 1.82) is 0 Å². The normalized spacial score (nSPS) is 34.4. The zero-order chi connectivity index (χ0) is 22.2. The Labute approximate surface area is 180 Å². The van der Waals surface area contributed by atoms with Gasteiger partial charge < -0.3 is 24.8 Å². The van der Waals surface area contributed by atoms with Gasteiger partial charge >= 0.3 is 12.1 Å². The molecule has 11 heteroatoms.